The molecule has 0 N–H and O–H groups in total. The Morgan fingerprint density at radius 3 is 3.00 bits per heavy atom. The second-order valence-electron chi connectivity index (χ2n) is 4.94. The lowest BCUT2D eigenvalue weighted by molar-refractivity contribution is 0.300. The van der Waals surface area contributed by atoms with Crippen LogP contribution in [0.1, 0.15) is 22.8 Å². The quantitative estimate of drug-likeness (QED) is 0.840. The van der Waals surface area contributed by atoms with Crippen LogP contribution in [0.4, 0.5) is 0 Å². The van der Waals surface area contributed by atoms with Gasteiger partial charge in [0.2, 0.25) is 5.89 Å². The number of hydrogen-bond acceptors (Lipinski definition) is 5. The van der Waals surface area contributed by atoms with Gasteiger partial charge in [0.05, 0.1) is 13.2 Å². The normalized spacial score (nSPS) is 13.6. The van der Waals surface area contributed by atoms with Crippen LogP contribution in [0.5, 0.6) is 5.75 Å². The highest BCUT2D eigenvalue weighted by Crippen LogP contribution is 2.26. The minimum Gasteiger partial charge on any atom is -0.493 e. The third-order valence-electron chi connectivity index (χ3n) is 3.19. The van der Waals surface area contributed by atoms with Crippen molar-refractivity contribution < 1.29 is 9.26 Å². The molecule has 0 spiro atoms. The molecule has 1 aliphatic rings. The zero-order valence-electron chi connectivity index (χ0n) is 11.2. The van der Waals surface area contributed by atoms with Gasteiger partial charge < -0.3 is 9.26 Å². The zero-order chi connectivity index (χ0) is 13.2. The Hall–Kier alpha value is -1.88. The Morgan fingerprint density at radius 1 is 1.32 bits per heavy atom. The summed E-state index contributed by atoms with van der Waals surface area (Å²) in [4.78, 5) is 6.38. The minimum absolute atomic E-state index is 0.609. The molecule has 5 nitrogen and oxygen atoms in total. The molecule has 1 aromatic carbocycles. The van der Waals surface area contributed by atoms with Crippen molar-refractivity contribution >= 4 is 0 Å². The topological polar surface area (TPSA) is 51.4 Å². The molecule has 1 aromatic heterocycles. The van der Waals surface area contributed by atoms with Crippen LogP contribution in [0.15, 0.2) is 22.7 Å². The average Bonchev–Trinajstić information content (AvgIpc) is 2.97. The Labute approximate surface area is 112 Å². The van der Waals surface area contributed by atoms with Gasteiger partial charge in [-0.2, -0.15) is 4.98 Å². The standard InChI is InChI=1S/C14H17N3O2/c1-10-15-14(16-19-10)9-17(2)8-11-3-4-13-12(7-11)5-6-18-13/h3-4,7H,5-6,8-9H2,1-2H3. The molecule has 1 aliphatic heterocycles. The molecule has 100 valence electrons. The zero-order valence-corrected chi connectivity index (χ0v) is 11.2. The van der Waals surface area contributed by atoms with Crippen LogP contribution in [0, 0.1) is 6.92 Å². The SMILES string of the molecule is Cc1nc(CN(C)Cc2ccc3c(c2)CCO3)no1. The lowest BCUT2D eigenvalue weighted by Crippen LogP contribution is -2.18. The summed E-state index contributed by atoms with van der Waals surface area (Å²) in [6.45, 7) is 4.15. The van der Waals surface area contributed by atoms with Gasteiger partial charge in [-0.05, 0) is 24.2 Å². The van der Waals surface area contributed by atoms with E-state index in [2.05, 4.69) is 40.3 Å². The molecule has 0 radical (unpaired) electrons. The van der Waals surface area contributed by atoms with Gasteiger partial charge in [0, 0.05) is 19.9 Å². The molecule has 0 amide bonds. The number of nitrogens with zero attached hydrogens (tertiary/aromatic N) is 3. The minimum atomic E-state index is 0.609. The molecule has 0 saturated heterocycles. The van der Waals surface area contributed by atoms with Gasteiger partial charge in [0.15, 0.2) is 5.82 Å². The first-order valence-corrected chi connectivity index (χ1v) is 6.43. The highest BCUT2D eigenvalue weighted by atomic mass is 16.5. The summed E-state index contributed by atoms with van der Waals surface area (Å²) in [5.74, 6) is 2.36. The first-order valence-electron chi connectivity index (χ1n) is 6.43. The number of hydrogen-bond donors (Lipinski definition) is 0. The molecule has 5 heteroatoms. The number of ether oxygens (including phenoxy) is 1. The summed E-state index contributed by atoms with van der Waals surface area (Å²) in [7, 11) is 2.05. The molecule has 0 atom stereocenters. The van der Waals surface area contributed by atoms with E-state index in [1.54, 1.807) is 6.92 Å². The van der Waals surface area contributed by atoms with Crippen LogP contribution >= 0.6 is 0 Å². The van der Waals surface area contributed by atoms with E-state index in [4.69, 9.17) is 9.26 Å². The molecular weight excluding hydrogens is 242 g/mol. The van der Waals surface area contributed by atoms with Gasteiger partial charge in [0.1, 0.15) is 5.75 Å². The van der Waals surface area contributed by atoms with E-state index < -0.39 is 0 Å². The summed E-state index contributed by atoms with van der Waals surface area (Å²) < 4.78 is 10.5. The fraction of sp³-hybridized carbons (Fsp3) is 0.429. The second-order valence-corrected chi connectivity index (χ2v) is 4.94. The molecule has 2 aromatic rings. The molecule has 0 aliphatic carbocycles. The van der Waals surface area contributed by atoms with Crippen molar-refractivity contribution in [3.63, 3.8) is 0 Å². The molecule has 3 rings (SSSR count). The van der Waals surface area contributed by atoms with Crippen LogP contribution in [-0.4, -0.2) is 28.7 Å². The largest absolute Gasteiger partial charge is 0.493 e. The lowest BCUT2D eigenvalue weighted by atomic mass is 10.1. The second kappa shape index (κ2) is 5.01. The Balaban J connectivity index is 1.64. The number of aromatic nitrogens is 2. The summed E-state index contributed by atoms with van der Waals surface area (Å²) in [6, 6.07) is 6.40. The van der Waals surface area contributed by atoms with Crippen molar-refractivity contribution in [3.05, 3.63) is 41.0 Å². The maximum atomic E-state index is 5.51. The lowest BCUT2D eigenvalue weighted by Gasteiger charge is -2.14. The van der Waals surface area contributed by atoms with E-state index in [1.807, 2.05) is 0 Å². The van der Waals surface area contributed by atoms with Gasteiger partial charge >= 0.3 is 0 Å². The first kappa shape index (κ1) is 12.2. The van der Waals surface area contributed by atoms with Gasteiger partial charge in [-0.15, -0.1) is 0 Å². The Bertz CT molecular complexity index is 580. The molecule has 0 unspecified atom stereocenters. The van der Waals surface area contributed by atoms with Crippen LogP contribution in [-0.2, 0) is 19.5 Å². The Morgan fingerprint density at radius 2 is 2.21 bits per heavy atom. The fourth-order valence-electron chi connectivity index (χ4n) is 2.35. The van der Waals surface area contributed by atoms with E-state index in [0.717, 1.165) is 31.1 Å². The van der Waals surface area contributed by atoms with E-state index >= 15 is 0 Å². The molecular formula is C14H17N3O2. The monoisotopic (exact) mass is 259 g/mol. The molecule has 0 bridgehead atoms. The Kier molecular flexibility index (Phi) is 3.21. The van der Waals surface area contributed by atoms with Crippen molar-refractivity contribution in [1.82, 2.24) is 15.0 Å². The highest BCUT2D eigenvalue weighted by Gasteiger charge is 2.13. The third-order valence-corrected chi connectivity index (χ3v) is 3.19. The maximum Gasteiger partial charge on any atom is 0.223 e. The average molecular weight is 259 g/mol. The predicted octanol–water partition coefficient (Wildman–Crippen LogP) is 1.94. The summed E-state index contributed by atoms with van der Waals surface area (Å²) in [6.07, 6.45) is 1.01. The first-order chi connectivity index (χ1) is 9.20. The predicted molar refractivity (Wildman–Crippen MR) is 69.8 cm³/mol. The summed E-state index contributed by atoms with van der Waals surface area (Å²) in [5, 5.41) is 3.91. The number of benzene rings is 1. The summed E-state index contributed by atoms with van der Waals surface area (Å²) >= 11 is 0. The highest BCUT2D eigenvalue weighted by molar-refractivity contribution is 5.39. The van der Waals surface area contributed by atoms with Crippen molar-refractivity contribution in [2.24, 2.45) is 0 Å². The van der Waals surface area contributed by atoms with E-state index in [0.29, 0.717) is 12.4 Å². The molecule has 0 fully saturated rings. The van der Waals surface area contributed by atoms with E-state index in [1.165, 1.54) is 11.1 Å². The van der Waals surface area contributed by atoms with Crippen molar-refractivity contribution in [1.29, 1.82) is 0 Å². The van der Waals surface area contributed by atoms with Crippen LogP contribution in [0.25, 0.3) is 0 Å². The van der Waals surface area contributed by atoms with E-state index in [-0.39, 0.29) is 0 Å². The van der Waals surface area contributed by atoms with Crippen molar-refractivity contribution in [3.8, 4) is 5.75 Å². The van der Waals surface area contributed by atoms with Gasteiger partial charge in [-0.3, -0.25) is 4.90 Å². The van der Waals surface area contributed by atoms with E-state index in [9.17, 15) is 0 Å². The molecule has 2 heterocycles. The number of aryl methyl sites for hydroxylation is 1. The number of rotatable bonds is 4. The smallest absolute Gasteiger partial charge is 0.223 e. The van der Waals surface area contributed by atoms with Crippen LogP contribution in [0.2, 0.25) is 0 Å². The van der Waals surface area contributed by atoms with Gasteiger partial charge in [-0.25, -0.2) is 0 Å². The maximum absolute atomic E-state index is 5.51. The van der Waals surface area contributed by atoms with Crippen LogP contribution in [0.3, 0.4) is 0 Å². The van der Waals surface area contributed by atoms with Crippen molar-refractivity contribution in [2.75, 3.05) is 13.7 Å². The summed E-state index contributed by atoms with van der Waals surface area (Å²) in [5.41, 5.74) is 2.59. The van der Waals surface area contributed by atoms with Crippen LogP contribution < -0.4 is 4.74 Å². The molecule has 0 saturated carbocycles. The van der Waals surface area contributed by atoms with Gasteiger partial charge in [-0.1, -0.05) is 17.3 Å². The number of fused-ring (bicyclic) bond motifs is 1. The van der Waals surface area contributed by atoms with Gasteiger partial charge in [0.25, 0.3) is 0 Å². The fourth-order valence-corrected chi connectivity index (χ4v) is 2.35. The third kappa shape index (κ3) is 2.76. The molecule has 19 heavy (non-hydrogen) atoms. The van der Waals surface area contributed by atoms with Crippen molar-refractivity contribution in [2.45, 2.75) is 26.4 Å².